The number of nitrogens with zero attached hydrogens (tertiary/aromatic N) is 3. The van der Waals surface area contributed by atoms with Gasteiger partial charge in [-0.2, -0.15) is 0 Å². The van der Waals surface area contributed by atoms with Gasteiger partial charge in [0.15, 0.2) is 23.0 Å². The molecule has 1 aromatic heterocycles. The Morgan fingerprint density at radius 3 is 2.62 bits per heavy atom. The van der Waals surface area contributed by atoms with Gasteiger partial charge in [-0.1, -0.05) is 18.2 Å². The van der Waals surface area contributed by atoms with Crippen LogP contribution in [0.1, 0.15) is 51.5 Å². The highest BCUT2D eigenvalue weighted by molar-refractivity contribution is 5.98. The van der Waals surface area contributed by atoms with E-state index in [1.54, 1.807) is 39.5 Å². The maximum atomic E-state index is 14.5. The minimum atomic E-state index is -0.525. The summed E-state index contributed by atoms with van der Waals surface area (Å²) in [6, 6.07) is 21.8. The second-order valence-electron chi connectivity index (χ2n) is 12.5. The van der Waals surface area contributed by atoms with Crippen LogP contribution < -0.4 is 29.8 Å². The monoisotopic (exact) mass is 674 g/mol. The average molecular weight is 675 g/mol. The molecule has 5 aromatic rings. The van der Waals surface area contributed by atoms with Crippen LogP contribution in [0.4, 0.5) is 0 Å². The number of benzene rings is 4. The van der Waals surface area contributed by atoms with Crippen LogP contribution in [0.5, 0.6) is 28.7 Å². The quantitative estimate of drug-likeness (QED) is 0.272. The number of ether oxygens (including phenoxy) is 4. The lowest BCUT2D eigenvalue weighted by Crippen LogP contribution is -2.40. The number of amides is 2. The first-order chi connectivity index (χ1) is 24.3. The zero-order valence-corrected chi connectivity index (χ0v) is 28.2. The zero-order valence-electron chi connectivity index (χ0n) is 28.2. The predicted octanol–water partition coefficient (Wildman–Crippen LogP) is 5.36. The minimum absolute atomic E-state index is 0.0355. The summed E-state index contributed by atoms with van der Waals surface area (Å²) in [5.74, 6) is 2.54. The molecule has 3 aliphatic rings. The molecule has 0 spiro atoms. The molecular weight excluding hydrogens is 636 g/mol. The van der Waals surface area contributed by atoms with Crippen LogP contribution in [0.15, 0.2) is 83.9 Å². The van der Waals surface area contributed by atoms with E-state index in [-0.39, 0.29) is 17.4 Å². The molecule has 1 unspecified atom stereocenters. The van der Waals surface area contributed by atoms with Gasteiger partial charge in [0.1, 0.15) is 5.75 Å². The van der Waals surface area contributed by atoms with E-state index in [4.69, 9.17) is 18.9 Å². The van der Waals surface area contributed by atoms with Crippen molar-refractivity contribution in [2.75, 3.05) is 33.9 Å². The fraction of sp³-hybridized carbons (Fsp3) is 0.282. The molecular formula is C39H38N4O7. The summed E-state index contributed by atoms with van der Waals surface area (Å²) in [5, 5.41) is 3.42. The summed E-state index contributed by atoms with van der Waals surface area (Å²) in [6.45, 7) is 1.24. The molecule has 0 saturated carbocycles. The Morgan fingerprint density at radius 1 is 0.920 bits per heavy atom. The van der Waals surface area contributed by atoms with E-state index in [9.17, 15) is 14.4 Å². The van der Waals surface area contributed by atoms with Gasteiger partial charge in [0, 0.05) is 32.1 Å². The fourth-order valence-corrected chi connectivity index (χ4v) is 6.65. The fourth-order valence-electron chi connectivity index (χ4n) is 6.65. The lowest BCUT2D eigenvalue weighted by molar-refractivity contribution is -0.121. The maximum absolute atomic E-state index is 14.5. The molecule has 0 aliphatic carbocycles. The standard InChI is InChI=1S/C39H38N4O7/c1-42-23-41-31-19-27(9-11-29(31)39(42)46)38(45)43-16-14-25-20-35-33(48-3)22-30(25)37(43)26-10-12-32(47-2)34(21-26)49-17-5-15-40-36(44)13-8-24-6-4-7-28(18-24)50-35/h4,6-7,9-12,18-23,37H,5,8,13-17H2,1-3H3,(H,40,44). The lowest BCUT2D eigenvalue weighted by Gasteiger charge is -2.38. The van der Waals surface area contributed by atoms with Crippen molar-refractivity contribution >= 4 is 22.7 Å². The topological polar surface area (TPSA) is 121 Å². The van der Waals surface area contributed by atoms with E-state index in [1.807, 2.05) is 59.5 Å². The van der Waals surface area contributed by atoms with Crippen LogP contribution in [0.2, 0.25) is 0 Å². The molecule has 50 heavy (non-hydrogen) atoms. The summed E-state index contributed by atoms with van der Waals surface area (Å²) < 4.78 is 25.6. The number of aromatic nitrogens is 2. The van der Waals surface area contributed by atoms with E-state index in [2.05, 4.69) is 10.3 Å². The number of carbonyl (C=O) groups is 2. The first-order valence-corrected chi connectivity index (χ1v) is 16.6. The van der Waals surface area contributed by atoms with Crippen molar-refractivity contribution in [1.29, 1.82) is 0 Å². The Hall–Kier alpha value is -5.84. The SMILES string of the molecule is COc1ccc2cc1OCCCNC(=O)CCc1cccc(c1)Oc1cc3c(cc1OC)C2N(C(=O)c1ccc2c(=O)n(C)cnc2c1)CC3. The predicted molar refractivity (Wildman–Crippen MR) is 188 cm³/mol. The van der Waals surface area contributed by atoms with Crippen molar-refractivity contribution in [3.63, 3.8) is 0 Å². The smallest absolute Gasteiger partial charge is 0.260 e. The normalized spacial score (nSPS) is 16.2. The van der Waals surface area contributed by atoms with E-state index in [0.717, 1.165) is 22.3 Å². The van der Waals surface area contributed by atoms with Gasteiger partial charge >= 0.3 is 0 Å². The Bertz CT molecular complexity index is 2160. The van der Waals surface area contributed by atoms with Gasteiger partial charge in [-0.25, -0.2) is 4.98 Å². The van der Waals surface area contributed by atoms with Gasteiger partial charge in [-0.15, -0.1) is 0 Å². The highest BCUT2D eigenvalue weighted by atomic mass is 16.5. The number of fused-ring (bicyclic) bond motifs is 9. The number of carbonyl (C=O) groups excluding carboxylic acids is 2. The highest BCUT2D eigenvalue weighted by Gasteiger charge is 2.35. The molecule has 0 radical (unpaired) electrons. The van der Waals surface area contributed by atoms with Gasteiger partial charge in [0.2, 0.25) is 5.91 Å². The van der Waals surface area contributed by atoms with Crippen molar-refractivity contribution in [2.45, 2.75) is 31.7 Å². The van der Waals surface area contributed by atoms with E-state index < -0.39 is 6.04 Å². The third-order valence-corrected chi connectivity index (χ3v) is 9.25. The van der Waals surface area contributed by atoms with Crippen LogP contribution in [0.25, 0.3) is 10.9 Å². The largest absolute Gasteiger partial charge is 0.493 e. The molecule has 8 bridgehead atoms. The van der Waals surface area contributed by atoms with E-state index in [0.29, 0.717) is 90.6 Å². The zero-order chi connectivity index (χ0) is 34.8. The Kier molecular flexibility index (Phi) is 9.12. The van der Waals surface area contributed by atoms with Crippen molar-refractivity contribution in [2.24, 2.45) is 7.05 Å². The van der Waals surface area contributed by atoms with Gasteiger partial charge < -0.3 is 33.7 Å². The summed E-state index contributed by atoms with van der Waals surface area (Å²) in [4.78, 5) is 46.0. The molecule has 11 nitrogen and oxygen atoms in total. The number of rotatable bonds is 3. The third kappa shape index (κ3) is 6.46. The molecule has 4 aromatic carbocycles. The molecule has 0 fully saturated rings. The Balaban J connectivity index is 1.35. The summed E-state index contributed by atoms with van der Waals surface area (Å²) in [7, 11) is 4.82. The van der Waals surface area contributed by atoms with Gasteiger partial charge in [-0.3, -0.25) is 14.4 Å². The van der Waals surface area contributed by atoms with Crippen LogP contribution >= 0.6 is 0 Å². The number of aryl methyl sites for hydroxylation is 2. The molecule has 0 saturated heterocycles. The maximum Gasteiger partial charge on any atom is 0.260 e. The molecule has 1 atom stereocenters. The van der Waals surface area contributed by atoms with Crippen molar-refractivity contribution in [1.82, 2.24) is 19.8 Å². The first-order valence-electron chi connectivity index (χ1n) is 16.6. The molecule has 8 rings (SSSR count). The van der Waals surface area contributed by atoms with Crippen LogP contribution in [-0.2, 0) is 24.7 Å². The van der Waals surface area contributed by atoms with Gasteiger partial charge in [0.05, 0.1) is 44.1 Å². The third-order valence-electron chi connectivity index (χ3n) is 9.25. The molecule has 4 heterocycles. The average Bonchev–Trinajstić information content (AvgIpc) is 3.14. The molecule has 256 valence electrons. The van der Waals surface area contributed by atoms with Crippen LogP contribution in [0, 0.1) is 0 Å². The lowest BCUT2D eigenvalue weighted by atomic mass is 9.87. The number of nitrogens with one attached hydrogen (secondary N) is 1. The van der Waals surface area contributed by atoms with Crippen LogP contribution in [-0.4, -0.2) is 60.2 Å². The number of hydrogen-bond donors (Lipinski definition) is 1. The molecule has 2 amide bonds. The van der Waals surface area contributed by atoms with Gasteiger partial charge in [-0.05, 0) is 96.1 Å². The van der Waals surface area contributed by atoms with Crippen LogP contribution in [0.3, 0.4) is 0 Å². The Morgan fingerprint density at radius 2 is 1.78 bits per heavy atom. The summed E-state index contributed by atoms with van der Waals surface area (Å²) in [5.41, 5.74) is 4.40. The molecule has 3 aliphatic heterocycles. The van der Waals surface area contributed by atoms with Crippen molar-refractivity contribution in [3.8, 4) is 28.7 Å². The number of methoxy groups -OCH3 is 2. The van der Waals surface area contributed by atoms with Gasteiger partial charge in [0.25, 0.3) is 11.5 Å². The second kappa shape index (κ2) is 13.9. The molecule has 1 N–H and O–H groups in total. The first kappa shape index (κ1) is 32.7. The van der Waals surface area contributed by atoms with Crippen molar-refractivity contribution < 1.29 is 28.5 Å². The van der Waals surface area contributed by atoms with E-state index in [1.165, 1.54) is 10.9 Å². The van der Waals surface area contributed by atoms with Crippen molar-refractivity contribution in [3.05, 3.63) is 117 Å². The van der Waals surface area contributed by atoms with E-state index >= 15 is 0 Å². The summed E-state index contributed by atoms with van der Waals surface area (Å²) in [6.07, 6.45) is 3.55. The number of hydrogen-bond acceptors (Lipinski definition) is 8. The summed E-state index contributed by atoms with van der Waals surface area (Å²) >= 11 is 0. The second-order valence-corrected chi connectivity index (χ2v) is 12.5. The molecule has 11 heteroatoms. The highest BCUT2D eigenvalue weighted by Crippen LogP contribution is 2.44. The minimum Gasteiger partial charge on any atom is -0.493 e. The Labute approximate surface area is 289 Å².